The summed E-state index contributed by atoms with van der Waals surface area (Å²) in [7, 11) is 1.64. The number of nitrogens with zero attached hydrogens (tertiary/aromatic N) is 3. The minimum atomic E-state index is -0.324. The highest BCUT2D eigenvalue weighted by atomic mass is 16.5. The zero-order valence-electron chi connectivity index (χ0n) is 11.7. The first-order valence-electron chi connectivity index (χ1n) is 6.65. The number of aromatic nitrogens is 3. The highest BCUT2D eigenvalue weighted by Crippen LogP contribution is 2.24. The molecule has 1 aromatic heterocycles. The molecule has 1 unspecified atom stereocenters. The predicted octanol–water partition coefficient (Wildman–Crippen LogP) is 2.32. The molecule has 2 N–H and O–H groups in total. The number of rotatable bonds is 4. The van der Waals surface area contributed by atoms with E-state index in [0.717, 1.165) is 22.7 Å². The Hall–Kier alpha value is -2.66. The summed E-state index contributed by atoms with van der Waals surface area (Å²) in [4.78, 5) is 0. The fourth-order valence-corrected chi connectivity index (χ4v) is 2.23. The van der Waals surface area contributed by atoms with Gasteiger partial charge in [0, 0.05) is 0 Å². The topological polar surface area (TPSA) is 66.0 Å². The molecular formula is C16H16N4O. The van der Waals surface area contributed by atoms with Crippen molar-refractivity contribution in [1.82, 2.24) is 15.0 Å². The second-order valence-corrected chi connectivity index (χ2v) is 4.66. The largest absolute Gasteiger partial charge is 0.497 e. The van der Waals surface area contributed by atoms with Crippen LogP contribution in [0.4, 0.5) is 0 Å². The third-order valence-electron chi connectivity index (χ3n) is 3.35. The van der Waals surface area contributed by atoms with Gasteiger partial charge in [-0.25, -0.2) is 4.68 Å². The Morgan fingerprint density at radius 3 is 2.67 bits per heavy atom. The number of benzene rings is 2. The van der Waals surface area contributed by atoms with Gasteiger partial charge in [-0.1, -0.05) is 35.5 Å². The van der Waals surface area contributed by atoms with E-state index in [2.05, 4.69) is 10.3 Å². The van der Waals surface area contributed by atoms with E-state index in [1.165, 1.54) is 0 Å². The van der Waals surface area contributed by atoms with Crippen LogP contribution in [0.3, 0.4) is 0 Å². The van der Waals surface area contributed by atoms with Crippen molar-refractivity contribution < 1.29 is 4.74 Å². The molecule has 1 heterocycles. The fraction of sp³-hybridized carbons (Fsp3) is 0.125. The first-order chi connectivity index (χ1) is 10.3. The summed E-state index contributed by atoms with van der Waals surface area (Å²) >= 11 is 0. The van der Waals surface area contributed by atoms with Gasteiger partial charge in [0.1, 0.15) is 5.75 Å². The summed E-state index contributed by atoms with van der Waals surface area (Å²) in [6.07, 6.45) is 1.69. The first-order valence-corrected chi connectivity index (χ1v) is 6.65. The van der Waals surface area contributed by atoms with Gasteiger partial charge in [0.05, 0.1) is 30.7 Å². The summed E-state index contributed by atoms with van der Waals surface area (Å²) in [6, 6.07) is 17.2. The highest BCUT2D eigenvalue weighted by molar-refractivity contribution is 5.37. The van der Waals surface area contributed by atoms with Gasteiger partial charge in [-0.3, -0.25) is 0 Å². The van der Waals surface area contributed by atoms with Crippen LogP contribution in [0.15, 0.2) is 60.8 Å². The van der Waals surface area contributed by atoms with Crippen molar-refractivity contribution in [3.8, 4) is 11.4 Å². The zero-order chi connectivity index (χ0) is 14.7. The number of ether oxygens (including phenoxy) is 1. The maximum Gasteiger partial charge on any atom is 0.119 e. The molecule has 0 aliphatic heterocycles. The van der Waals surface area contributed by atoms with Crippen molar-refractivity contribution >= 4 is 0 Å². The molecule has 5 heteroatoms. The minimum Gasteiger partial charge on any atom is -0.497 e. The lowest BCUT2D eigenvalue weighted by molar-refractivity contribution is 0.414. The minimum absolute atomic E-state index is 0.324. The summed E-state index contributed by atoms with van der Waals surface area (Å²) in [5.41, 5.74) is 9.08. The van der Waals surface area contributed by atoms with Crippen molar-refractivity contribution in [2.24, 2.45) is 5.73 Å². The Kier molecular flexibility index (Phi) is 3.66. The van der Waals surface area contributed by atoms with E-state index in [0.29, 0.717) is 0 Å². The molecule has 2 aromatic carbocycles. The van der Waals surface area contributed by atoms with Crippen LogP contribution in [0.5, 0.6) is 5.75 Å². The second-order valence-electron chi connectivity index (χ2n) is 4.66. The lowest BCUT2D eigenvalue weighted by Gasteiger charge is -2.14. The lowest BCUT2D eigenvalue weighted by atomic mass is 10.0. The van der Waals surface area contributed by atoms with E-state index in [-0.39, 0.29) is 6.04 Å². The van der Waals surface area contributed by atoms with Gasteiger partial charge in [0.25, 0.3) is 0 Å². The van der Waals surface area contributed by atoms with Crippen molar-refractivity contribution in [2.75, 3.05) is 7.11 Å². The van der Waals surface area contributed by atoms with Crippen LogP contribution >= 0.6 is 0 Å². The predicted molar refractivity (Wildman–Crippen MR) is 80.4 cm³/mol. The van der Waals surface area contributed by atoms with Crippen LogP contribution in [-0.2, 0) is 0 Å². The van der Waals surface area contributed by atoms with Crippen molar-refractivity contribution in [1.29, 1.82) is 0 Å². The maximum absolute atomic E-state index is 6.37. The van der Waals surface area contributed by atoms with E-state index in [9.17, 15) is 0 Å². The zero-order valence-corrected chi connectivity index (χ0v) is 11.7. The molecule has 3 aromatic rings. The number of methoxy groups -OCH3 is 1. The number of hydrogen-bond donors (Lipinski definition) is 1. The standard InChI is InChI=1S/C16H16N4O/c1-21-14-9-5-6-12(10-14)16(17)15-11-18-19-20(15)13-7-3-2-4-8-13/h2-11,16H,17H2,1H3. The van der Waals surface area contributed by atoms with Crippen LogP contribution in [0.25, 0.3) is 5.69 Å². The van der Waals surface area contributed by atoms with E-state index < -0.39 is 0 Å². The smallest absolute Gasteiger partial charge is 0.119 e. The van der Waals surface area contributed by atoms with Crippen molar-refractivity contribution in [3.05, 3.63) is 72.1 Å². The number of para-hydroxylation sites is 1. The average molecular weight is 280 g/mol. The van der Waals surface area contributed by atoms with Crippen molar-refractivity contribution in [3.63, 3.8) is 0 Å². The third-order valence-corrected chi connectivity index (χ3v) is 3.35. The molecule has 1 atom stereocenters. The van der Waals surface area contributed by atoms with Crippen LogP contribution in [0.2, 0.25) is 0 Å². The Labute approximate surface area is 123 Å². The lowest BCUT2D eigenvalue weighted by Crippen LogP contribution is -2.16. The monoisotopic (exact) mass is 280 g/mol. The van der Waals surface area contributed by atoms with Crippen LogP contribution < -0.4 is 10.5 Å². The molecule has 0 saturated carbocycles. The van der Waals surface area contributed by atoms with E-state index in [1.807, 2.05) is 54.6 Å². The van der Waals surface area contributed by atoms with Gasteiger partial charge in [0.15, 0.2) is 0 Å². The van der Waals surface area contributed by atoms with Crippen LogP contribution in [0, 0.1) is 0 Å². The number of nitrogens with two attached hydrogens (primary N) is 1. The van der Waals surface area contributed by atoms with E-state index in [1.54, 1.807) is 18.0 Å². The quantitative estimate of drug-likeness (QED) is 0.796. The summed E-state index contributed by atoms with van der Waals surface area (Å²) in [5, 5.41) is 8.12. The molecule has 21 heavy (non-hydrogen) atoms. The third kappa shape index (κ3) is 2.64. The SMILES string of the molecule is COc1cccc(C(N)c2cnnn2-c2ccccc2)c1. The van der Waals surface area contributed by atoms with Gasteiger partial charge >= 0.3 is 0 Å². The molecule has 0 aliphatic carbocycles. The highest BCUT2D eigenvalue weighted by Gasteiger charge is 2.16. The fourth-order valence-electron chi connectivity index (χ4n) is 2.23. The Morgan fingerprint density at radius 2 is 1.90 bits per heavy atom. The van der Waals surface area contributed by atoms with Gasteiger partial charge in [-0.2, -0.15) is 0 Å². The Morgan fingerprint density at radius 1 is 1.10 bits per heavy atom. The van der Waals surface area contributed by atoms with Crippen LogP contribution in [0.1, 0.15) is 17.3 Å². The molecule has 0 bridgehead atoms. The molecule has 0 saturated heterocycles. The molecule has 0 radical (unpaired) electrons. The maximum atomic E-state index is 6.37. The molecule has 0 amide bonds. The molecule has 5 nitrogen and oxygen atoms in total. The normalized spacial score (nSPS) is 12.1. The molecule has 106 valence electrons. The number of hydrogen-bond acceptors (Lipinski definition) is 4. The van der Waals surface area contributed by atoms with E-state index in [4.69, 9.17) is 10.5 Å². The molecule has 0 aliphatic rings. The average Bonchev–Trinajstić information content (AvgIpc) is 3.04. The Balaban J connectivity index is 1.99. The second kappa shape index (κ2) is 5.76. The van der Waals surface area contributed by atoms with Gasteiger partial charge < -0.3 is 10.5 Å². The molecule has 3 rings (SSSR count). The van der Waals surface area contributed by atoms with Gasteiger partial charge in [-0.05, 0) is 29.8 Å². The van der Waals surface area contributed by atoms with Gasteiger partial charge in [-0.15, -0.1) is 5.10 Å². The summed E-state index contributed by atoms with van der Waals surface area (Å²) in [5.74, 6) is 0.779. The molecular weight excluding hydrogens is 264 g/mol. The summed E-state index contributed by atoms with van der Waals surface area (Å²) < 4.78 is 7.00. The van der Waals surface area contributed by atoms with E-state index >= 15 is 0 Å². The Bertz CT molecular complexity index is 724. The van der Waals surface area contributed by atoms with Crippen molar-refractivity contribution in [2.45, 2.75) is 6.04 Å². The van der Waals surface area contributed by atoms with Gasteiger partial charge in [0.2, 0.25) is 0 Å². The molecule has 0 spiro atoms. The molecule has 0 fully saturated rings. The summed E-state index contributed by atoms with van der Waals surface area (Å²) in [6.45, 7) is 0. The first kappa shape index (κ1) is 13.3. The van der Waals surface area contributed by atoms with Crippen LogP contribution in [-0.4, -0.2) is 22.1 Å².